The molecule has 3 aromatic rings. The van der Waals surface area contributed by atoms with E-state index in [2.05, 4.69) is 27.3 Å². The predicted molar refractivity (Wildman–Crippen MR) is 81.4 cm³/mol. The summed E-state index contributed by atoms with van der Waals surface area (Å²) < 4.78 is 3.32. The monoisotopic (exact) mass is 301 g/mol. The van der Waals surface area contributed by atoms with E-state index in [0.717, 1.165) is 10.8 Å². The Morgan fingerprint density at radius 3 is 2.67 bits per heavy atom. The van der Waals surface area contributed by atoms with Crippen LogP contribution in [0.2, 0.25) is 0 Å². The van der Waals surface area contributed by atoms with Crippen LogP contribution in [0.5, 0.6) is 0 Å². The van der Waals surface area contributed by atoms with Crippen LogP contribution in [0.15, 0.2) is 46.3 Å². The van der Waals surface area contributed by atoms with Crippen molar-refractivity contribution in [3.8, 4) is 0 Å². The number of rotatable bonds is 4. The van der Waals surface area contributed by atoms with Gasteiger partial charge in [-0.15, -0.1) is 5.10 Å². The molecule has 0 bridgehead atoms. The number of imidazole rings is 1. The normalized spacial score (nSPS) is 11.4. The van der Waals surface area contributed by atoms with E-state index in [4.69, 9.17) is 0 Å². The zero-order chi connectivity index (χ0) is 14.8. The Bertz CT molecular complexity index is 809. The standard InChI is InChI=1S/C14H15N5OS/c1-10(2)18-14(20)17-16-13-15-8-12(19(13)18)21-9-11-6-4-3-5-7-11/h3-8,10H,9H2,1-2H3. The molecule has 2 heterocycles. The van der Waals surface area contributed by atoms with E-state index in [9.17, 15) is 4.79 Å². The first-order chi connectivity index (χ1) is 10.2. The molecular weight excluding hydrogens is 286 g/mol. The summed E-state index contributed by atoms with van der Waals surface area (Å²) in [7, 11) is 0. The Balaban J connectivity index is 1.99. The fourth-order valence-electron chi connectivity index (χ4n) is 2.09. The first-order valence-electron chi connectivity index (χ1n) is 6.66. The lowest BCUT2D eigenvalue weighted by Crippen LogP contribution is -2.31. The van der Waals surface area contributed by atoms with Crippen LogP contribution in [0.4, 0.5) is 0 Å². The molecule has 0 atom stereocenters. The minimum absolute atomic E-state index is 0.0132. The molecule has 0 saturated heterocycles. The van der Waals surface area contributed by atoms with Crippen molar-refractivity contribution in [2.75, 3.05) is 0 Å². The zero-order valence-electron chi connectivity index (χ0n) is 11.8. The highest BCUT2D eigenvalue weighted by molar-refractivity contribution is 7.98. The lowest BCUT2D eigenvalue weighted by Gasteiger charge is -2.12. The van der Waals surface area contributed by atoms with E-state index < -0.39 is 0 Å². The van der Waals surface area contributed by atoms with Crippen LogP contribution in [-0.4, -0.2) is 24.4 Å². The second-order valence-electron chi connectivity index (χ2n) is 4.90. The number of hydrogen-bond acceptors (Lipinski definition) is 5. The topological polar surface area (TPSA) is 65.1 Å². The molecule has 21 heavy (non-hydrogen) atoms. The minimum atomic E-state index is -0.364. The summed E-state index contributed by atoms with van der Waals surface area (Å²) in [5.74, 6) is 1.25. The predicted octanol–water partition coefficient (Wildman–Crippen LogP) is 2.16. The number of hydrogen-bond donors (Lipinski definition) is 0. The van der Waals surface area contributed by atoms with Gasteiger partial charge in [0.25, 0.3) is 5.78 Å². The third kappa shape index (κ3) is 2.69. The van der Waals surface area contributed by atoms with Gasteiger partial charge in [0.05, 0.1) is 12.2 Å². The second kappa shape index (κ2) is 5.69. The Kier molecular flexibility index (Phi) is 3.74. The van der Waals surface area contributed by atoms with Crippen LogP contribution in [-0.2, 0) is 5.75 Å². The molecule has 7 heteroatoms. The molecule has 6 nitrogen and oxygen atoms in total. The maximum atomic E-state index is 11.9. The molecule has 0 saturated carbocycles. The maximum absolute atomic E-state index is 11.9. The Labute approximate surface area is 125 Å². The fourth-order valence-corrected chi connectivity index (χ4v) is 3.02. The quantitative estimate of drug-likeness (QED) is 0.691. The number of fused-ring (bicyclic) bond motifs is 1. The summed E-state index contributed by atoms with van der Waals surface area (Å²) in [6, 6.07) is 10.2. The van der Waals surface area contributed by atoms with E-state index in [1.54, 1.807) is 27.2 Å². The lowest BCUT2D eigenvalue weighted by molar-refractivity contribution is 0.438. The van der Waals surface area contributed by atoms with Crippen LogP contribution in [0.1, 0.15) is 25.5 Å². The summed E-state index contributed by atoms with van der Waals surface area (Å²) in [5, 5.41) is 8.36. The van der Waals surface area contributed by atoms with Gasteiger partial charge in [-0.3, -0.25) is 0 Å². The van der Waals surface area contributed by atoms with Crippen LogP contribution in [0, 0.1) is 0 Å². The van der Waals surface area contributed by atoms with Gasteiger partial charge in [-0.25, -0.2) is 19.0 Å². The smallest absolute Gasteiger partial charge is 0.242 e. The highest BCUT2D eigenvalue weighted by Gasteiger charge is 2.13. The Hall–Kier alpha value is -2.15. The molecule has 0 fully saturated rings. The highest BCUT2D eigenvalue weighted by Crippen LogP contribution is 2.23. The molecule has 0 radical (unpaired) electrons. The van der Waals surface area contributed by atoms with Gasteiger partial charge in [0, 0.05) is 5.75 Å². The van der Waals surface area contributed by atoms with Crippen molar-refractivity contribution in [1.29, 1.82) is 0 Å². The van der Waals surface area contributed by atoms with Gasteiger partial charge in [0.1, 0.15) is 5.03 Å². The molecule has 0 N–H and O–H groups in total. The van der Waals surface area contributed by atoms with Gasteiger partial charge in [0.15, 0.2) is 0 Å². The SMILES string of the molecule is CC(C)n1c(=O)nnc2ncc(SCc3ccccc3)n21. The molecule has 3 rings (SSSR count). The van der Waals surface area contributed by atoms with Crippen molar-refractivity contribution in [2.45, 2.75) is 30.7 Å². The first-order valence-corrected chi connectivity index (χ1v) is 7.65. The molecule has 108 valence electrons. The second-order valence-corrected chi connectivity index (χ2v) is 5.90. The molecule has 0 aliphatic heterocycles. The van der Waals surface area contributed by atoms with E-state index in [1.807, 2.05) is 32.0 Å². The molecule has 0 unspecified atom stereocenters. The molecule has 0 spiro atoms. The van der Waals surface area contributed by atoms with Crippen molar-refractivity contribution in [2.24, 2.45) is 0 Å². The first kappa shape index (κ1) is 13.8. The van der Waals surface area contributed by atoms with E-state index in [1.165, 1.54) is 5.56 Å². The summed E-state index contributed by atoms with van der Waals surface area (Å²) in [6.07, 6.45) is 1.73. The molecule has 0 aliphatic rings. The van der Waals surface area contributed by atoms with Crippen LogP contribution in [0.3, 0.4) is 0 Å². The van der Waals surface area contributed by atoms with Gasteiger partial charge in [0.2, 0.25) is 0 Å². The van der Waals surface area contributed by atoms with Crippen molar-refractivity contribution < 1.29 is 0 Å². The van der Waals surface area contributed by atoms with Gasteiger partial charge in [-0.1, -0.05) is 47.2 Å². The summed E-state index contributed by atoms with van der Waals surface area (Å²) in [5.41, 5.74) is 0.856. The van der Waals surface area contributed by atoms with Crippen molar-refractivity contribution in [3.05, 3.63) is 52.6 Å². The lowest BCUT2D eigenvalue weighted by atomic mass is 10.2. The maximum Gasteiger partial charge on any atom is 0.381 e. The van der Waals surface area contributed by atoms with Crippen molar-refractivity contribution in [1.82, 2.24) is 24.4 Å². The van der Waals surface area contributed by atoms with Gasteiger partial charge >= 0.3 is 5.69 Å². The van der Waals surface area contributed by atoms with E-state index in [0.29, 0.717) is 5.78 Å². The third-order valence-electron chi connectivity index (χ3n) is 3.04. The Morgan fingerprint density at radius 2 is 1.95 bits per heavy atom. The third-order valence-corrected chi connectivity index (χ3v) is 4.10. The number of aromatic nitrogens is 5. The van der Waals surface area contributed by atoms with E-state index >= 15 is 0 Å². The van der Waals surface area contributed by atoms with Crippen molar-refractivity contribution in [3.63, 3.8) is 0 Å². The van der Waals surface area contributed by atoms with Gasteiger partial charge in [-0.05, 0) is 19.4 Å². The highest BCUT2D eigenvalue weighted by atomic mass is 32.2. The molecule has 0 amide bonds. The van der Waals surface area contributed by atoms with Crippen LogP contribution >= 0.6 is 11.8 Å². The van der Waals surface area contributed by atoms with E-state index in [-0.39, 0.29) is 11.7 Å². The largest absolute Gasteiger partial charge is 0.381 e. The molecular formula is C14H15N5OS. The minimum Gasteiger partial charge on any atom is -0.242 e. The fraction of sp³-hybridized carbons (Fsp3) is 0.286. The average Bonchev–Trinajstić information content (AvgIpc) is 2.88. The molecule has 2 aromatic heterocycles. The number of thioether (sulfide) groups is 1. The Morgan fingerprint density at radius 1 is 1.19 bits per heavy atom. The number of nitrogens with zero attached hydrogens (tertiary/aromatic N) is 5. The van der Waals surface area contributed by atoms with Crippen molar-refractivity contribution >= 4 is 17.5 Å². The van der Waals surface area contributed by atoms with Crippen LogP contribution in [0.25, 0.3) is 5.78 Å². The average molecular weight is 301 g/mol. The zero-order valence-corrected chi connectivity index (χ0v) is 12.6. The summed E-state index contributed by atoms with van der Waals surface area (Å²) in [6.45, 7) is 3.88. The summed E-state index contributed by atoms with van der Waals surface area (Å²) in [4.78, 5) is 16.2. The molecule has 1 aromatic carbocycles. The van der Waals surface area contributed by atoms with Gasteiger partial charge < -0.3 is 0 Å². The summed E-state index contributed by atoms with van der Waals surface area (Å²) >= 11 is 1.62. The molecule has 0 aliphatic carbocycles. The van der Waals surface area contributed by atoms with Gasteiger partial charge in [-0.2, -0.15) is 0 Å². The number of benzene rings is 1. The van der Waals surface area contributed by atoms with Crippen LogP contribution < -0.4 is 5.69 Å².